The molecular weight excluding hydrogens is 235 g/mol. The average molecular weight is 255 g/mol. The third-order valence-corrected chi connectivity index (χ3v) is 5.23. The third-order valence-electron chi connectivity index (χ3n) is 3.56. The molecule has 0 nitrogen and oxygen atoms in total. The van der Waals surface area contributed by atoms with Gasteiger partial charge in [-0.25, -0.2) is 0 Å². The molecule has 0 bridgehead atoms. The van der Waals surface area contributed by atoms with E-state index < -0.39 is 0 Å². The monoisotopic (exact) mass is 254 g/mol. The van der Waals surface area contributed by atoms with Gasteiger partial charge in [-0.3, -0.25) is 0 Å². The lowest BCUT2D eigenvalue weighted by molar-refractivity contribution is 0.220. The highest BCUT2D eigenvalue weighted by atomic mass is 35.5. The predicted octanol–water partition coefficient (Wildman–Crippen LogP) is 4.39. The largest absolute Gasteiger partial charge is 0.165 e. The highest BCUT2D eigenvalue weighted by Gasteiger charge is 2.38. The maximum absolute atomic E-state index is 6.15. The van der Waals surface area contributed by atoms with E-state index in [2.05, 4.69) is 6.26 Å². The van der Waals surface area contributed by atoms with E-state index in [0.29, 0.717) is 0 Å². The molecule has 1 aliphatic carbocycles. The van der Waals surface area contributed by atoms with E-state index in [-0.39, 0.29) is 5.41 Å². The first-order valence-electron chi connectivity index (χ1n) is 5.40. The van der Waals surface area contributed by atoms with Gasteiger partial charge in [0.05, 0.1) is 0 Å². The number of hydrogen-bond donors (Lipinski definition) is 0. The quantitative estimate of drug-likeness (QED) is 0.634. The Morgan fingerprint density at radius 1 is 1.21 bits per heavy atom. The Balaban J connectivity index is 2.57. The maximum atomic E-state index is 6.15. The minimum Gasteiger partial charge on any atom is -0.165 e. The van der Waals surface area contributed by atoms with Crippen LogP contribution >= 0.6 is 35.0 Å². The van der Waals surface area contributed by atoms with Crippen LogP contribution in [0.4, 0.5) is 0 Å². The van der Waals surface area contributed by atoms with E-state index in [0.717, 1.165) is 17.7 Å². The van der Waals surface area contributed by atoms with Crippen molar-refractivity contribution in [1.29, 1.82) is 0 Å². The Labute approximate surface area is 102 Å². The average Bonchev–Trinajstić information content (AvgIpc) is 2.74. The Kier molecular flexibility index (Phi) is 6.03. The lowest BCUT2D eigenvalue weighted by atomic mass is 9.75. The normalized spacial score (nSPS) is 19.1. The number of thioether (sulfide) groups is 1. The molecule has 0 aromatic heterocycles. The predicted molar refractivity (Wildman–Crippen MR) is 68.8 cm³/mol. The van der Waals surface area contributed by atoms with Crippen molar-refractivity contribution in [2.45, 2.75) is 32.1 Å². The van der Waals surface area contributed by atoms with Crippen LogP contribution in [0.1, 0.15) is 32.1 Å². The van der Waals surface area contributed by atoms with Crippen molar-refractivity contribution in [2.75, 3.05) is 23.8 Å². The van der Waals surface area contributed by atoms with Gasteiger partial charge < -0.3 is 0 Å². The number of hydrogen-bond acceptors (Lipinski definition) is 1. The molecular formula is C11H20Cl2S. The number of halogens is 2. The summed E-state index contributed by atoms with van der Waals surface area (Å²) in [6, 6.07) is 0. The third kappa shape index (κ3) is 2.96. The van der Waals surface area contributed by atoms with E-state index in [1.165, 1.54) is 37.9 Å². The summed E-state index contributed by atoms with van der Waals surface area (Å²) in [5.74, 6) is 3.45. The van der Waals surface area contributed by atoms with Gasteiger partial charge in [-0.15, -0.1) is 23.2 Å². The van der Waals surface area contributed by atoms with Gasteiger partial charge in [0.2, 0.25) is 0 Å². The first kappa shape index (κ1) is 13.0. The van der Waals surface area contributed by atoms with E-state index in [9.17, 15) is 0 Å². The fourth-order valence-corrected chi connectivity index (χ4v) is 4.04. The second-order valence-electron chi connectivity index (χ2n) is 4.35. The van der Waals surface area contributed by atoms with Gasteiger partial charge in [0, 0.05) is 17.2 Å². The van der Waals surface area contributed by atoms with Crippen LogP contribution in [0.3, 0.4) is 0 Å². The van der Waals surface area contributed by atoms with Gasteiger partial charge in [-0.2, -0.15) is 11.8 Å². The number of rotatable bonds is 6. The summed E-state index contributed by atoms with van der Waals surface area (Å²) in [4.78, 5) is 0. The Morgan fingerprint density at radius 3 is 2.21 bits per heavy atom. The van der Waals surface area contributed by atoms with E-state index >= 15 is 0 Å². The van der Waals surface area contributed by atoms with Crippen LogP contribution in [-0.4, -0.2) is 23.8 Å². The lowest BCUT2D eigenvalue weighted by Crippen LogP contribution is -2.34. The summed E-state index contributed by atoms with van der Waals surface area (Å²) in [6.07, 6.45) is 8.77. The van der Waals surface area contributed by atoms with Crippen molar-refractivity contribution < 1.29 is 0 Å². The molecule has 0 unspecified atom stereocenters. The first-order valence-corrected chi connectivity index (χ1v) is 7.86. The van der Waals surface area contributed by atoms with Gasteiger partial charge in [-0.1, -0.05) is 12.8 Å². The topological polar surface area (TPSA) is 0 Å². The van der Waals surface area contributed by atoms with Crippen LogP contribution < -0.4 is 0 Å². The summed E-state index contributed by atoms with van der Waals surface area (Å²) >= 11 is 14.2. The molecule has 1 aliphatic rings. The fraction of sp³-hybridized carbons (Fsp3) is 1.00. The highest BCUT2D eigenvalue weighted by molar-refractivity contribution is 7.98. The van der Waals surface area contributed by atoms with Gasteiger partial charge in [0.25, 0.3) is 0 Å². The minimum absolute atomic E-state index is 0.225. The van der Waals surface area contributed by atoms with Crippen molar-refractivity contribution in [1.82, 2.24) is 0 Å². The molecule has 1 fully saturated rings. The first-order chi connectivity index (χ1) is 6.79. The van der Waals surface area contributed by atoms with Crippen LogP contribution in [0.15, 0.2) is 0 Å². The summed E-state index contributed by atoms with van der Waals surface area (Å²) < 4.78 is 0. The molecule has 1 rings (SSSR count). The zero-order valence-electron chi connectivity index (χ0n) is 8.90. The zero-order chi connectivity index (χ0) is 10.4. The Morgan fingerprint density at radius 2 is 1.79 bits per heavy atom. The molecule has 0 aromatic rings. The van der Waals surface area contributed by atoms with Crippen molar-refractivity contribution in [3.05, 3.63) is 0 Å². The molecule has 0 radical (unpaired) electrons. The molecule has 0 aromatic carbocycles. The van der Waals surface area contributed by atoms with Gasteiger partial charge in [-0.05, 0) is 37.2 Å². The van der Waals surface area contributed by atoms with E-state index in [1.54, 1.807) is 0 Å². The maximum Gasteiger partial charge on any atom is 0.0294 e. The van der Waals surface area contributed by atoms with Crippen molar-refractivity contribution >= 4 is 35.0 Å². The van der Waals surface area contributed by atoms with Gasteiger partial charge in [0.15, 0.2) is 0 Å². The summed E-state index contributed by atoms with van der Waals surface area (Å²) in [5.41, 5.74) is 0.225. The molecule has 14 heavy (non-hydrogen) atoms. The van der Waals surface area contributed by atoms with Gasteiger partial charge in [0.1, 0.15) is 0 Å². The molecule has 3 heteroatoms. The van der Waals surface area contributed by atoms with Crippen molar-refractivity contribution in [2.24, 2.45) is 11.3 Å². The lowest BCUT2D eigenvalue weighted by Gasteiger charge is -2.35. The van der Waals surface area contributed by atoms with E-state index in [1.807, 2.05) is 11.8 Å². The van der Waals surface area contributed by atoms with Crippen LogP contribution in [0.2, 0.25) is 0 Å². The fourth-order valence-electron chi connectivity index (χ4n) is 2.44. The molecule has 0 atom stereocenters. The van der Waals surface area contributed by atoms with Gasteiger partial charge >= 0.3 is 0 Å². The molecule has 84 valence electrons. The molecule has 0 spiro atoms. The van der Waals surface area contributed by atoms with E-state index in [4.69, 9.17) is 23.2 Å². The molecule has 0 saturated heterocycles. The Hall–Kier alpha value is 0.930. The second kappa shape index (κ2) is 6.50. The number of alkyl halides is 2. The zero-order valence-corrected chi connectivity index (χ0v) is 11.2. The van der Waals surface area contributed by atoms with Crippen molar-refractivity contribution in [3.8, 4) is 0 Å². The van der Waals surface area contributed by atoms with Crippen LogP contribution in [-0.2, 0) is 0 Å². The van der Waals surface area contributed by atoms with Crippen molar-refractivity contribution in [3.63, 3.8) is 0 Å². The van der Waals surface area contributed by atoms with Crippen LogP contribution in [0.25, 0.3) is 0 Å². The summed E-state index contributed by atoms with van der Waals surface area (Å²) in [6.45, 7) is 0. The molecule has 0 heterocycles. The summed E-state index contributed by atoms with van der Waals surface area (Å²) in [7, 11) is 0. The molecule has 0 aliphatic heterocycles. The van der Waals surface area contributed by atoms with Crippen LogP contribution in [0.5, 0.6) is 0 Å². The SMILES string of the molecule is CSCCC(CCl)(CCl)C1CCCC1. The molecule has 0 N–H and O–H groups in total. The van der Waals surface area contributed by atoms with Crippen LogP contribution in [0, 0.1) is 11.3 Å². The molecule has 1 saturated carbocycles. The molecule has 0 amide bonds. The summed E-state index contributed by atoms with van der Waals surface area (Å²) in [5, 5.41) is 0. The smallest absolute Gasteiger partial charge is 0.0294 e. The second-order valence-corrected chi connectivity index (χ2v) is 5.87. The highest BCUT2D eigenvalue weighted by Crippen LogP contribution is 2.44. The Bertz CT molecular complexity index is 151. The minimum atomic E-state index is 0.225. The standard InChI is InChI=1S/C11H20Cl2S/c1-14-7-6-11(8-12,9-13)10-4-2-3-5-10/h10H,2-9H2,1H3.